The van der Waals surface area contributed by atoms with E-state index in [4.69, 9.17) is 16.3 Å². The lowest BCUT2D eigenvalue weighted by Crippen LogP contribution is -2.46. The molecule has 4 rings (SSSR count). The molecule has 2 aliphatic heterocycles. The average Bonchev–Trinajstić information content (AvgIpc) is 3.29. The molecule has 1 aromatic carbocycles. The van der Waals surface area contributed by atoms with Crippen molar-refractivity contribution in [3.8, 4) is 5.75 Å². The molecule has 0 spiro atoms. The number of fused-ring (bicyclic) bond motifs is 1. The monoisotopic (exact) mass is 454 g/mol. The van der Waals surface area contributed by atoms with Gasteiger partial charge in [0.15, 0.2) is 0 Å². The first-order chi connectivity index (χ1) is 15.2. The molecule has 3 unspecified atom stereocenters. The number of ether oxygens (including phenoxy) is 1. The van der Waals surface area contributed by atoms with Crippen molar-refractivity contribution >= 4 is 11.6 Å². The second-order valence-corrected chi connectivity index (χ2v) is 10.4. The maximum absolute atomic E-state index is 11.0. The third kappa shape index (κ3) is 4.73. The third-order valence-electron chi connectivity index (χ3n) is 6.95. The van der Waals surface area contributed by atoms with E-state index < -0.39 is 0 Å². The van der Waals surface area contributed by atoms with E-state index in [2.05, 4.69) is 50.1 Å². The first-order valence-corrected chi connectivity index (χ1v) is 12.1. The Morgan fingerprint density at radius 2 is 2.03 bits per heavy atom. The first-order valence-electron chi connectivity index (χ1n) is 11.8. The van der Waals surface area contributed by atoms with Crippen LogP contribution in [0, 0.1) is 5.92 Å². The van der Waals surface area contributed by atoms with Crippen LogP contribution in [0.15, 0.2) is 48.2 Å². The lowest BCUT2D eigenvalue weighted by atomic mass is 9.82. The van der Waals surface area contributed by atoms with Crippen LogP contribution in [0.25, 0.3) is 0 Å². The van der Waals surface area contributed by atoms with Crippen molar-refractivity contribution < 1.29 is 9.84 Å². The van der Waals surface area contributed by atoms with E-state index in [1.165, 1.54) is 11.1 Å². The standard InChI is InChI=1S/C27H35ClN2O2/c1-5-8-24(31)19(15-22-9-6-7-11-29-22)13-20-17-27(4,30-26(20,2)3)23-16-21(28)14-18-10-12-32-25(18)23/h6-7,9,11,14,16-17,19,24,30-31H,5,8,10,12-13,15H2,1-4H3. The van der Waals surface area contributed by atoms with Gasteiger partial charge in [0.1, 0.15) is 5.75 Å². The van der Waals surface area contributed by atoms with Crippen molar-refractivity contribution in [3.05, 3.63) is 70.0 Å². The lowest BCUT2D eigenvalue weighted by molar-refractivity contribution is 0.0955. The van der Waals surface area contributed by atoms with Gasteiger partial charge in [0.05, 0.1) is 18.2 Å². The topological polar surface area (TPSA) is 54.4 Å². The fourth-order valence-corrected chi connectivity index (χ4v) is 5.60. The summed E-state index contributed by atoms with van der Waals surface area (Å²) in [6.45, 7) is 9.47. The fourth-order valence-electron chi connectivity index (χ4n) is 5.35. The predicted octanol–water partition coefficient (Wildman–Crippen LogP) is 5.60. The van der Waals surface area contributed by atoms with E-state index in [9.17, 15) is 5.11 Å². The van der Waals surface area contributed by atoms with Crippen molar-refractivity contribution in [2.75, 3.05) is 6.61 Å². The number of hydrogen-bond donors (Lipinski definition) is 2. The minimum atomic E-state index is -0.386. The van der Waals surface area contributed by atoms with E-state index in [-0.39, 0.29) is 23.1 Å². The SMILES string of the molecule is CCCC(O)C(CC1=CC(C)(c2cc(Cl)cc3c2OCC3)NC1(C)C)Cc1ccccn1. The van der Waals surface area contributed by atoms with Gasteiger partial charge in [0.2, 0.25) is 0 Å². The lowest BCUT2D eigenvalue weighted by Gasteiger charge is -2.33. The van der Waals surface area contributed by atoms with Crippen LogP contribution < -0.4 is 10.1 Å². The van der Waals surface area contributed by atoms with Gasteiger partial charge in [-0.2, -0.15) is 0 Å². The van der Waals surface area contributed by atoms with Gasteiger partial charge < -0.3 is 9.84 Å². The molecule has 0 bridgehead atoms. The minimum absolute atomic E-state index is 0.112. The highest BCUT2D eigenvalue weighted by Gasteiger charge is 2.44. The van der Waals surface area contributed by atoms with Gasteiger partial charge in [-0.05, 0) is 75.8 Å². The maximum Gasteiger partial charge on any atom is 0.128 e. The van der Waals surface area contributed by atoms with E-state index >= 15 is 0 Å². The molecule has 0 aliphatic carbocycles. The van der Waals surface area contributed by atoms with Crippen molar-refractivity contribution in [2.45, 2.75) is 77.0 Å². The number of aromatic nitrogens is 1. The molecular weight excluding hydrogens is 420 g/mol. The molecule has 2 aromatic rings. The number of aliphatic hydroxyl groups is 1. The second kappa shape index (κ2) is 9.17. The Kier molecular flexibility index (Phi) is 6.67. The quantitative estimate of drug-likeness (QED) is 0.509. The Balaban J connectivity index is 1.66. The molecule has 2 aliphatic rings. The van der Waals surface area contributed by atoms with Crippen LogP contribution in [0.3, 0.4) is 0 Å². The Bertz CT molecular complexity index is 989. The molecule has 0 saturated carbocycles. The molecule has 0 radical (unpaired) electrons. The highest BCUT2D eigenvalue weighted by atomic mass is 35.5. The van der Waals surface area contributed by atoms with Crippen molar-refractivity contribution in [1.82, 2.24) is 10.3 Å². The normalized spacial score (nSPS) is 23.4. The number of halogens is 1. The molecule has 2 N–H and O–H groups in total. The molecule has 5 heteroatoms. The number of pyridine rings is 1. The summed E-state index contributed by atoms with van der Waals surface area (Å²) in [6.07, 6.45) is 8.05. The Morgan fingerprint density at radius 1 is 1.22 bits per heavy atom. The number of nitrogens with one attached hydrogen (secondary N) is 1. The van der Waals surface area contributed by atoms with Gasteiger partial charge >= 0.3 is 0 Å². The Labute approximate surface area is 197 Å². The number of rotatable bonds is 8. The summed E-state index contributed by atoms with van der Waals surface area (Å²) in [5, 5.41) is 15.6. The van der Waals surface area contributed by atoms with Crippen LogP contribution in [0.1, 0.15) is 63.8 Å². The minimum Gasteiger partial charge on any atom is -0.493 e. The first kappa shape index (κ1) is 23.3. The zero-order valence-corrected chi connectivity index (χ0v) is 20.4. The highest BCUT2D eigenvalue weighted by Crippen LogP contribution is 2.46. The smallest absolute Gasteiger partial charge is 0.128 e. The van der Waals surface area contributed by atoms with Crippen molar-refractivity contribution in [3.63, 3.8) is 0 Å². The number of benzene rings is 1. The summed E-state index contributed by atoms with van der Waals surface area (Å²) in [6, 6.07) is 10.1. The summed E-state index contributed by atoms with van der Waals surface area (Å²) < 4.78 is 6.02. The third-order valence-corrected chi connectivity index (χ3v) is 7.17. The average molecular weight is 455 g/mol. The molecule has 0 saturated heterocycles. The molecule has 0 fully saturated rings. The van der Waals surface area contributed by atoms with Crippen LogP contribution in [0.4, 0.5) is 0 Å². The van der Waals surface area contributed by atoms with Crippen LogP contribution in [0.5, 0.6) is 5.75 Å². The number of nitrogens with zero attached hydrogens (tertiary/aromatic N) is 1. The molecule has 32 heavy (non-hydrogen) atoms. The summed E-state index contributed by atoms with van der Waals surface area (Å²) in [5.74, 6) is 1.08. The zero-order valence-electron chi connectivity index (χ0n) is 19.6. The Morgan fingerprint density at radius 3 is 2.75 bits per heavy atom. The van der Waals surface area contributed by atoms with Crippen LogP contribution in [0.2, 0.25) is 5.02 Å². The van der Waals surface area contributed by atoms with Gasteiger partial charge in [-0.15, -0.1) is 0 Å². The van der Waals surface area contributed by atoms with Gasteiger partial charge in [-0.1, -0.05) is 42.7 Å². The van der Waals surface area contributed by atoms with Crippen molar-refractivity contribution in [1.29, 1.82) is 0 Å². The molecule has 172 valence electrons. The number of hydrogen-bond acceptors (Lipinski definition) is 4. The maximum atomic E-state index is 11.0. The summed E-state index contributed by atoms with van der Waals surface area (Å²) >= 11 is 6.48. The van der Waals surface area contributed by atoms with E-state index in [0.717, 1.165) is 54.1 Å². The van der Waals surface area contributed by atoms with Crippen molar-refractivity contribution in [2.24, 2.45) is 5.92 Å². The van der Waals surface area contributed by atoms with Gasteiger partial charge in [-0.25, -0.2) is 0 Å². The molecule has 0 amide bonds. The van der Waals surface area contributed by atoms with Crippen LogP contribution >= 0.6 is 11.6 Å². The molecule has 3 heterocycles. The van der Waals surface area contributed by atoms with E-state index in [1.807, 2.05) is 30.5 Å². The van der Waals surface area contributed by atoms with E-state index in [0.29, 0.717) is 6.61 Å². The molecule has 3 atom stereocenters. The molecular formula is C27H35ClN2O2. The zero-order chi connectivity index (χ0) is 22.9. The predicted molar refractivity (Wildman–Crippen MR) is 130 cm³/mol. The highest BCUT2D eigenvalue weighted by molar-refractivity contribution is 6.30. The molecule has 4 nitrogen and oxygen atoms in total. The number of aliphatic hydroxyl groups excluding tert-OH is 1. The van der Waals surface area contributed by atoms with Crippen LogP contribution in [-0.4, -0.2) is 28.3 Å². The molecule has 1 aromatic heterocycles. The van der Waals surface area contributed by atoms with E-state index in [1.54, 1.807) is 0 Å². The summed E-state index contributed by atoms with van der Waals surface area (Å²) in [4.78, 5) is 4.52. The Hall–Kier alpha value is -1.88. The van der Waals surface area contributed by atoms with Gasteiger partial charge in [0.25, 0.3) is 0 Å². The summed E-state index contributed by atoms with van der Waals surface area (Å²) in [7, 11) is 0. The van der Waals surface area contributed by atoms with Gasteiger partial charge in [-0.3, -0.25) is 10.3 Å². The van der Waals surface area contributed by atoms with Gasteiger partial charge in [0, 0.05) is 34.4 Å². The fraction of sp³-hybridized carbons (Fsp3) is 0.519. The largest absolute Gasteiger partial charge is 0.493 e. The summed E-state index contributed by atoms with van der Waals surface area (Å²) in [5.41, 5.74) is 4.02. The second-order valence-electron chi connectivity index (χ2n) is 10.0. The van der Waals surface area contributed by atoms with Crippen LogP contribution in [-0.2, 0) is 18.4 Å².